The standard InChI is InChI=1S/C10H14Cl2N4/c1-16(7-2-3-7)5-4-13-9-8(11)6-14-10(12)15-9/h6-7H,2-5H2,1H3,(H,13,14,15). The van der Waals surface area contributed by atoms with E-state index in [0.717, 1.165) is 19.1 Å². The fourth-order valence-corrected chi connectivity index (χ4v) is 1.81. The van der Waals surface area contributed by atoms with Gasteiger partial charge >= 0.3 is 0 Å². The Kier molecular flexibility index (Phi) is 3.84. The molecule has 0 atom stereocenters. The third-order valence-electron chi connectivity index (χ3n) is 2.64. The van der Waals surface area contributed by atoms with Crippen LogP contribution in [0.2, 0.25) is 10.3 Å². The van der Waals surface area contributed by atoms with Crippen molar-refractivity contribution in [2.24, 2.45) is 0 Å². The molecule has 2 rings (SSSR count). The predicted molar refractivity (Wildman–Crippen MR) is 66.2 cm³/mol. The zero-order valence-electron chi connectivity index (χ0n) is 9.08. The first-order chi connectivity index (χ1) is 7.66. The highest BCUT2D eigenvalue weighted by molar-refractivity contribution is 6.33. The number of halogens is 2. The van der Waals surface area contributed by atoms with E-state index in [0.29, 0.717) is 10.8 Å². The van der Waals surface area contributed by atoms with Crippen LogP contribution in [0.25, 0.3) is 0 Å². The quantitative estimate of drug-likeness (QED) is 0.826. The third kappa shape index (κ3) is 3.20. The van der Waals surface area contributed by atoms with Crippen LogP contribution in [0.15, 0.2) is 6.20 Å². The molecule has 16 heavy (non-hydrogen) atoms. The molecule has 0 radical (unpaired) electrons. The average Bonchev–Trinajstić information content (AvgIpc) is 3.06. The Morgan fingerprint density at radius 1 is 1.50 bits per heavy atom. The summed E-state index contributed by atoms with van der Waals surface area (Å²) >= 11 is 11.6. The Morgan fingerprint density at radius 3 is 2.94 bits per heavy atom. The summed E-state index contributed by atoms with van der Waals surface area (Å²) in [6, 6.07) is 0.770. The van der Waals surface area contributed by atoms with E-state index in [1.807, 2.05) is 0 Å². The normalized spacial score (nSPS) is 15.5. The number of nitrogens with one attached hydrogen (secondary N) is 1. The Morgan fingerprint density at radius 2 is 2.25 bits per heavy atom. The highest BCUT2D eigenvalue weighted by atomic mass is 35.5. The van der Waals surface area contributed by atoms with Crippen molar-refractivity contribution in [3.05, 3.63) is 16.5 Å². The Labute approximate surface area is 105 Å². The maximum atomic E-state index is 5.93. The van der Waals surface area contributed by atoms with Gasteiger partial charge in [-0.15, -0.1) is 0 Å². The molecule has 88 valence electrons. The smallest absolute Gasteiger partial charge is 0.224 e. The summed E-state index contributed by atoms with van der Waals surface area (Å²) in [5.41, 5.74) is 0. The molecule has 0 saturated heterocycles. The molecule has 0 aliphatic heterocycles. The number of likely N-dealkylation sites (N-methyl/N-ethyl adjacent to an activating group) is 1. The SMILES string of the molecule is CN(CCNc1nc(Cl)ncc1Cl)C1CC1. The van der Waals surface area contributed by atoms with Crippen LogP contribution in [-0.4, -0.2) is 41.0 Å². The zero-order chi connectivity index (χ0) is 11.5. The molecule has 0 aromatic carbocycles. The number of anilines is 1. The third-order valence-corrected chi connectivity index (χ3v) is 3.10. The van der Waals surface area contributed by atoms with Gasteiger partial charge in [0.15, 0.2) is 0 Å². The number of nitrogens with zero attached hydrogens (tertiary/aromatic N) is 3. The van der Waals surface area contributed by atoms with Crippen molar-refractivity contribution in [3.8, 4) is 0 Å². The minimum absolute atomic E-state index is 0.211. The average molecular weight is 261 g/mol. The van der Waals surface area contributed by atoms with Crippen LogP contribution in [0, 0.1) is 0 Å². The van der Waals surface area contributed by atoms with E-state index in [9.17, 15) is 0 Å². The number of hydrogen-bond acceptors (Lipinski definition) is 4. The van der Waals surface area contributed by atoms with Crippen LogP contribution in [-0.2, 0) is 0 Å². The molecule has 0 bridgehead atoms. The van der Waals surface area contributed by atoms with E-state index < -0.39 is 0 Å². The van der Waals surface area contributed by atoms with Crippen molar-refractivity contribution in [2.45, 2.75) is 18.9 Å². The van der Waals surface area contributed by atoms with E-state index in [1.54, 1.807) is 0 Å². The Bertz CT molecular complexity index is 368. The van der Waals surface area contributed by atoms with Gasteiger partial charge in [0, 0.05) is 19.1 Å². The first-order valence-electron chi connectivity index (χ1n) is 5.29. The second-order valence-electron chi connectivity index (χ2n) is 3.97. The van der Waals surface area contributed by atoms with Crippen molar-refractivity contribution in [1.82, 2.24) is 14.9 Å². The molecule has 0 unspecified atom stereocenters. The van der Waals surface area contributed by atoms with Crippen molar-refractivity contribution in [2.75, 3.05) is 25.5 Å². The van der Waals surface area contributed by atoms with Gasteiger partial charge in [-0.25, -0.2) is 4.98 Å². The highest BCUT2D eigenvalue weighted by Crippen LogP contribution is 2.25. The van der Waals surface area contributed by atoms with Crippen LogP contribution in [0.3, 0.4) is 0 Å². The molecule has 1 N–H and O–H groups in total. The molecule has 1 fully saturated rings. The van der Waals surface area contributed by atoms with Crippen LogP contribution in [0.1, 0.15) is 12.8 Å². The lowest BCUT2D eigenvalue weighted by molar-refractivity contribution is 0.337. The summed E-state index contributed by atoms with van der Waals surface area (Å²) in [5.74, 6) is 0.603. The van der Waals surface area contributed by atoms with E-state index in [-0.39, 0.29) is 5.28 Å². The second-order valence-corrected chi connectivity index (χ2v) is 4.72. The van der Waals surface area contributed by atoms with Gasteiger partial charge in [-0.3, -0.25) is 0 Å². The molecule has 4 nitrogen and oxygen atoms in total. The first kappa shape index (κ1) is 11.9. The van der Waals surface area contributed by atoms with Gasteiger partial charge in [0.1, 0.15) is 10.8 Å². The zero-order valence-corrected chi connectivity index (χ0v) is 10.6. The van der Waals surface area contributed by atoms with Gasteiger partial charge in [0.2, 0.25) is 5.28 Å². The monoisotopic (exact) mass is 260 g/mol. The van der Waals surface area contributed by atoms with Crippen molar-refractivity contribution < 1.29 is 0 Å². The van der Waals surface area contributed by atoms with Gasteiger partial charge in [-0.05, 0) is 31.5 Å². The van der Waals surface area contributed by atoms with Gasteiger partial charge in [0.05, 0.1) is 6.20 Å². The maximum Gasteiger partial charge on any atom is 0.224 e. The number of aromatic nitrogens is 2. The summed E-state index contributed by atoms with van der Waals surface area (Å²) in [4.78, 5) is 10.2. The molecule has 1 heterocycles. The molecule has 0 amide bonds. The molecular formula is C10H14Cl2N4. The molecule has 1 aliphatic rings. The fraction of sp³-hybridized carbons (Fsp3) is 0.600. The summed E-state index contributed by atoms with van der Waals surface area (Å²) < 4.78 is 0. The van der Waals surface area contributed by atoms with E-state index >= 15 is 0 Å². The van der Waals surface area contributed by atoms with Gasteiger partial charge < -0.3 is 10.2 Å². The Balaban J connectivity index is 1.81. The van der Waals surface area contributed by atoms with Crippen molar-refractivity contribution in [1.29, 1.82) is 0 Å². The molecular weight excluding hydrogens is 247 g/mol. The number of hydrogen-bond donors (Lipinski definition) is 1. The molecule has 0 spiro atoms. The topological polar surface area (TPSA) is 41.0 Å². The molecule has 1 aromatic heterocycles. The van der Waals surface area contributed by atoms with Crippen LogP contribution >= 0.6 is 23.2 Å². The van der Waals surface area contributed by atoms with E-state index in [4.69, 9.17) is 23.2 Å². The lowest BCUT2D eigenvalue weighted by Crippen LogP contribution is -2.27. The lowest BCUT2D eigenvalue weighted by atomic mass is 10.5. The summed E-state index contributed by atoms with van der Waals surface area (Å²) in [7, 11) is 2.13. The highest BCUT2D eigenvalue weighted by Gasteiger charge is 2.25. The van der Waals surface area contributed by atoms with Crippen LogP contribution < -0.4 is 5.32 Å². The summed E-state index contributed by atoms with van der Waals surface area (Å²) in [5, 5.41) is 3.87. The van der Waals surface area contributed by atoms with Crippen molar-refractivity contribution in [3.63, 3.8) is 0 Å². The lowest BCUT2D eigenvalue weighted by Gasteiger charge is -2.16. The largest absolute Gasteiger partial charge is 0.367 e. The maximum absolute atomic E-state index is 5.93. The van der Waals surface area contributed by atoms with Crippen LogP contribution in [0.5, 0.6) is 0 Å². The predicted octanol–water partition coefficient (Wildman–Crippen LogP) is 2.29. The summed E-state index contributed by atoms with van der Waals surface area (Å²) in [6.07, 6.45) is 4.14. The number of rotatable bonds is 5. The minimum atomic E-state index is 0.211. The molecule has 1 aromatic rings. The molecule has 1 aliphatic carbocycles. The first-order valence-corrected chi connectivity index (χ1v) is 6.04. The fourth-order valence-electron chi connectivity index (χ4n) is 1.52. The van der Waals surface area contributed by atoms with Crippen molar-refractivity contribution >= 4 is 29.0 Å². The van der Waals surface area contributed by atoms with Gasteiger partial charge in [-0.2, -0.15) is 4.98 Å². The van der Waals surface area contributed by atoms with E-state index in [1.165, 1.54) is 19.0 Å². The second kappa shape index (κ2) is 5.17. The van der Waals surface area contributed by atoms with Gasteiger partial charge in [-0.1, -0.05) is 11.6 Å². The summed E-state index contributed by atoms with van der Waals surface area (Å²) in [6.45, 7) is 1.78. The minimum Gasteiger partial charge on any atom is -0.367 e. The van der Waals surface area contributed by atoms with Gasteiger partial charge in [0.25, 0.3) is 0 Å². The van der Waals surface area contributed by atoms with Crippen LogP contribution in [0.4, 0.5) is 5.82 Å². The Hall–Kier alpha value is -0.580. The molecule has 1 saturated carbocycles. The van der Waals surface area contributed by atoms with E-state index in [2.05, 4.69) is 27.2 Å². The molecule has 6 heteroatoms.